The molecule has 3 heterocycles. The molecular weight excluding hydrogens is 306 g/mol. The summed E-state index contributed by atoms with van der Waals surface area (Å²) in [4.78, 5) is 14.3. The highest BCUT2D eigenvalue weighted by molar-refractivity contribution is 5.92. The molecule has 1 aliphatic heterocycles. The van der Waals surface area contributed by atoms with Gasteiger partial charge in [0, 0.05) is 26.2 Å². The van der Waals surface area contributed by atoms with Crippen LogP contribution in [0.5, 0.6) is 0 Å². The van der Waals surface area contributed by atoms with Gasteiger partial charge in [0.05, 0.1) is 12.6 Å². The molecule has 24 heavy (non-hydrogen) atoms. The summed E-state index contributed by atoms with van der Waals surface area (Å²) >= 11 is 0. The highest BCUT2D eigenvalue weighted by atomic mass is 16.4. The van der Waals surface area contributed by atoms with E-state index in [9.17, 15) is 4.79 Å². The number of aromatic nitrogens is 3. The van der Waals surface area contributed by atoms with Crippen molar-refractivity contribution in [1.82, 2.24) is 25.0 Å². The maximum absolute atomic E-state index is 12.0. The molecule has 0 radical (unpaired) electrons. The van der Waals surface area contributed by atoms with Crippen molar-refractivity contribution < 1.29 is 9.21 Å². The molecular formula is C17H25N5O2. The van der Waals surface area contributed by atoms with Gasteiger partial charge in [-0.3, -0.25) is 9.69 Å². The van der Waals surface area contributed by atoms with Gasteiger partial charge in [-0.25, -0.2) is 0 Å². The van der Waals surface area contributed by atoms with Crippen LogP contribution in [0.25, 0.3) is 0 Å². The lowest BCUT2D eigenvalue weighted by molar-refractivity contribution is 0.0951. The Labute approximate surface area is 142 Å². The van der Waals surface area contributed by atoms with Crippen molar-refractivity contribution in [1.29, 1.82) is 0 Å². The van der Waals surface area contributed by atoms with Gasteiger partial charge < -0.3 is 14.3 Å². The highest BCUT2D eigenvalue weighted by Crippen LogP contribution is 2.32. The number of rotatable bonds is 5. The van der Waals surface area contributed by atoms with Crippen LogP contribution in [0.1, 0.15) is 60.2 Å². The first-order chi connectivity index (χ1) is 11.6. The van der Waals surface area contributed by atoms with Crippen molar-refractivity contribution in [2.45, 2.75) is 45.2 Å². The minimum atomic E-state index is -0.0596. The number of nitrogens with one attached hydrogen (secondary N) is 1. The third-order valence-electron chi connectivity index (χ3n) is 4.72. The molecule has 1 atom stereocenters. The van der Waals surface area contributed by atoms with E-state index in [1.54, 1.807) is 7.05 Å². The van der Waals surface area contributed by atoms with E-state index in [1.165, 1.54) is 6.42 Å². The molecule has 3 rings (SSSR count). The van der Waals surface area contributed by atoms with Crippen molar-refractivity contribution in [2.75, 3.05) is 13.6 Å². The quantitative estimate of drug-likeness (QED) is 0.907. The molecule has 1 N–H and O–H groups in total. The van der Waals surface area contributed by atoms with Gasteiger partial charge in [0.25, 0.3) is 5.91 Å². The van der Waals surface area contributed by atoms with Crippen molar-refractivity contribution in [2.24, 2.45) is 7.05 Å². The summed E-state index contributed by atoms with van der Waals surface area (Å²) in [6.45, 7) is 3.65. The molecule has 0 saturated carbocycles. The zero-order valence-electron chi connectivity index (χ0n) is 14.6. The van der Waals surface area contributed by atoms with Gasteiger partial charge in [-0.2, -0.15) is 0 Å². The van der Waals surface area contributed by atoms with E-state index >= 15 is 0 Å². The lowest BCUT2D eigenvalue weighted by atomic mass is 9.99. The largest absolute Gasteiger partial charge is 0.424 e. The summed E-state index contributed by atoms with van der Waals surface area (Å²) in [5.74, 6) is 1.29. The van der Waals surface area contributed by atoms with E-state index in [2.05, 4.69) is 26.5 Å². The van der Waals surface area contributed by atoms with Crippen LogP contribution in [0, 0.1) is 0 Å². The second-order valence-electron chi connectivity index (χ2n) is 6.21. The van der Waals surface area contributed by atoms with Crippen LogP contribution >= 0.6 is 0 Å². The molecule has 1 aliphatic rings. The Morgan fingerprint density at radius 3 is 2.83 bits per heavy atom. The zero-order valence-corrected chi connectivity index (χ0v) is 14.6. The number of aryl methyl sites for hydroxylation is 1. The fraction of sp³-hybridized carbons (Fsp3) is 0.588. The average molecular weight is 331 g/mol. The predicted molar refractivity (Wildman–Crippen MR) is 89.5 cm³/mol. The van der Waals surface area contributed by atoms with E-state index in [0.717, 1.165) is 31.5 Å². The maximum atomic E-state index is 12.0. The third-order valence-corrected chi connectivity index (χ3v) is 4.72. The second-order valence-corrected chi connectivity index (χ2v) is 6.21. The SMILES string of the molecule is CCc1nnc(CN2CCCC[C@@H]2c2ccc(C(=O)NC)n2C)o1. The molecule has 1 saturated heterocycles. The maximum Gasteiger partial charge on any atom is 0.267 e. The van der Waals surface area contributed by atoms with Crippen LogP contribution in [0.15, 0.2) is 16.5 Å². The van der Waals surface area contributed by atoms with Crippen LogP contribution in [-0.2, 0) is 20.0 Å². The van der Waals surface area contributed by atoms with E-state index in [0.29, 0.717) is 24.0 Å². The summed E-state index contributed by atoms with van der Waals surface area (Å²) in [6.07, 6.45) is 4.17. The topological polar surface area (TPSA) is 76.2 Å². The smallest absolute Gasteiger partial charge is 0.267 e. The molecule has 7 nitrogen and oxygen atoms in total. The predicted octanol–water partition coefficient (Wildman–Crippen LogP) is 2.06. The Morgan fingerprint density at radius 1 is 1.33 bits per heavy atom. The van der Waals surface area contributed by atoms with Crippen molar-refractivity contribution in [3.63, 3.8) is 0 Å². The average Bonchev–Trinajstić information content (AvgIpc) is 3.21. The first-order valence-corrected chi connectivity index (χ1v) is 8.57. The number of carbonyl (C=O) groups is 1. The molecule has 7 heteroatoms. The van der Waals surface area contributed by atoms with Gasteiger partial charge in [0.2, 0.25) is 11.8 Å². The Bertz CT molecular complexity index is 706. The fourth-order valence-electron chi connectivity index (χ4n) is 3.40. The van der Waals surface area contributed by atoms with Crippen LogP contribution in [-0.4, -0.2) is 39.2 Å². The van der Waals surface area contributed by atoms with E-state index < -0.39 is 0 Å². The summed E-state index contributed by atoms with van der Waals surface area (Å²) in [5.41, 5.74) is 1.84. The Morgan fingerprint density at radius 2 is 2.12 bits per heavy atom. The molecule has 0 unspecified atom stereocenters. The Hall–Kier alpha value is -2.15. The van der Waals surface area contributed by atoms with Crippen molar-refractivity contribution in [3.05, 3.63) is 35.3 Å². The van der Waals surface area contributed by atoms with Gasteiger partial charge in [-0.05, 0) is 31.5 Å². The first kappa shape index (κ1) is 16.7. The molecule has 1 fully saturated rings. The lowest BCUT2D eigenvalue weighted by Crippen LogP contribution is -2.34. The van der Waals surface area contributed by atoms with Crippen LogP contribution in [0.4, 0.5) is 0 Å². The van der Waals surface area contributed by atoms with Crippen molar-refractivity contribution in [3.8, 4) is 0 Å². The van der Waals surface area contributed by atoms with Crippen LogP contribution in [0.2, 0.25) is 0 Å². The lowest BCUT2D eigenvalue weighted by Gasteiger charge is -2.35. The first-order valence-electron chi connectivity index (χ1n) is 8.57. The minimum absolute atomic E-state index is 0.0596. The second kappa shape index (κ2) is 7.17. The molecule has 130 valence electrons. The normalized spacial score (nSPS) is 18.7. The number of nitrogens with zero attached hydrogens (tertiary/aromatic N) is 4. The number of piperidine rings is 1. The molecule has 0 aliphatic carbocycles. The van der Waals surface area contributed by atoms with Crippen molar-refractivity contribution >= 4 is 5.91 Å². The third kappa shape index (κ3) is 3.21. The van der Waals surface area contributed by atoms with Gasteiger partial charge in [-0.15, -0.1) is 10.2 Å². The molecule has 0 spiro atoms. The number of hydrogen-bond acceptors (Lipinski definition) is 5. The van der Waals surface area contributed by atoms with Crippen LogP contribution < -0.4 is 5.32 Å². The monoisotopic (exact) mass is 331 g/mol. The molecule has 2 aromatic rings. The molecule has 0 bridgehead atoms. The van der Waals surface area contributed by atoms with E-state index in [-0.39, 0.29) is 11.9 Å². The van der Waals surface area contributed by atoms with Gasteiger partial charge in [0.1, 0.15) is 5.69 Å². The molecule has 2 aromatic heterocycles. The Balaban J connectivity index is 1.82. The summed E-state index contributed by atoms with van der Waals surface area (Å²) < 4.78 is 7.67. The summed E-state index contributed by atoms with van der Waals surface area (Å²) in [5, 5.41) is 10.9. The van der Waals surface area contributed by atoms with Gasteiger partial charge >= 0.3 is 0 Å². The summed E-state index contributed by atoms with van der Waals surface area (Å²) in [6, 6.07) is 4.21. The highest BCUT2D eigenvalue weighted by Gasteiger charge is 2.28. The van der Waals surface area contributed by atoms with Gasteiger partial charge in [-0.1, -0.05) is 13.3 Å². The van der Waals surface area contributed by atoms with E-state index in [4.69, 9.17) is 4.42 Å². The van der Waals surface area contributed by atoms with E-state index in [1.807, 2.05) is 24.6 Å². The number of carbonyl (C=O) groups excluding carboxylic acids is 1. The minimum Gasteiger partial charge on any atom is -0.424 e. The molecule has 1 amide bonds. The number of hydrogen-bond donors (Lipinski definition) is 1. The Kier molecular flexibility index (Phi) is 4.99. The number of amides is 1. The molecule has 0 aromatic carbocycles. The number of likely N-dealkylation sites (tertiary alicyclic amines) is 1. The van der Waals surface area contributed by atoms with Crippen LogP contribution in [0.3, 0.4) is 0 Å². The summed E-state index contributed by atoms with van der Waals surface area (Å²) in [7, 11) is 3.61. The zero-order chi connectivity index (χ0) is 17.1. The standard InChI is InChI=1S/C17H25N5O2/c1-4-15-19-20-16(24-15)11-22-10-6-5-7-13(22)12-8-9-14(21(12)3)17(23)18-2/h8-9,13H,4-7,10-11H2,1-3H3,(H,18,23)/t13-/m1/s1. The van der Waals surface area contributed by atoms with Gasteiger partial charge in [0.15, 0.2) is 0 Å². The fourth-order valence-corrected chi connectivity index (χ4v) is 3.40.